The molecule has 0 spiro atoms. The molecule has 1 aromatic rings. The van der Waals surface area contributed by atoms with Crippen molar-refractivity contribution < 1.29 is 14.3 Å². The van der Waals surface area contributed by atoms with Crippen molar-refractivity contribution in [3.05, 3.63) is 21.2 Å². The van der Waals surface area contributed by atoms with Gasteiger partial charge in [-0.15, -0.1) is 0 Å². The summed E-state index contributed by atoms with van der Waals surface area (Å²) in [6.07, 6.45) is 4.94. The van der Waals surface area contributed by atoms with Gasteiger partial charge in [0.25, 0.3) is 0 Å². The molecular formula is C14H18BrNO3. The normalized spacial score (nSPS) is 17.2. The summed E-state index contributed by atoms with van der Waals surface area (Å²) in [5.74, 6) is 7.21. The van der Waals surface area contributed by atoms with Crippen LogP contribution in [0.4, 0.5) is 0 Å². The molecule has 104 valence electrons. The molecule has 19 heavy (non-hydrogen) atoms. The van der Waals surface area contributed by atoms with Crippen LogP contribution in [0.5, 0.6) is 11.5 Å². The van der Waals surface area contributed by atoms with E-state index in [-0.39, 0.29) is 0 Å². The Bertz CT molecular complexity index is 453. The molecule has 0 atom stereocenters. The highest BCUT2D eigenvalue weighted by Crippen LogP contribution is 2.46. The Morgan fingerprint density at radius 2 is 1.74 bits per heavy atom. The third-order valence-electron chi connectivity index (χ3n) is 3.76. The summed E-state index contributed by atoms with van der Waals surface area (Å²) in [7, 11) is 0. The maximum absolute atomic E-state index is 5.92. The van der Waals surface area contributed by atoms with Crippen LogP contribution >= 0.6 is 15.9 Å². The smallest absolute Gasteiger partial charge is 0.137 e. The van der Waals surface area contributed by atoms with Crippen LogP contribution in [-0.4, -0.2) is 19.8 Å². The van der Waals surface area contributed by atoms with Crippen molar-refractivity contribution in [3.63, 3.8) is 0 Å². The van der Waals surface area contributed by atoms with Gasteiger partial charge in [-0.2, -0.15) is 0 Å². The van der Waals surface area contributed by atoms with Crippen LogP contribution < -0.4 is 15.4 Å². The average Bonchev–Trinajstić information content (AvgIpc) is 2.47. The molecule has 0 fully saturated rings. The summed E-state index contributed by atoms with van der Waals surface area (Å²) in [4.78, 5) is 4.75. The predicted octanol–water partition coefficient (Wildman–Crippen LogP) is 2.53. The second kappa shape index (κ2) is 5.69. The second-order valence-electron chi connectivity index (χ2n) is 4.93. The summed E-state index contributed by atoms with van der Waals surface area (Å²) < 4.78 is 12.9. The van der Waals surface area contributed by atoms with Crippen LogP contribution in [-0.2, 0) is 24.1 Å². The van der Waals surface area contributed by atoms with E-state index < -0.39 is 0 Å². The lowest BCUT2D eigenvalue weighted by Crippen LogP contribution is -2.19. The SMILES string of the molecule is NOCCc1c2c(c(Br)c3c1OCCC3)OCCC2. The van der Waals surface area contributed by atoms with E-state index in [2.05, 4.69) is 15.9 Å². The van der Waals surface area contributed by atoms with E-state index in [1.807, 2.05) is 0 Å². The lowest BCUT2D eigenvalue weighted by atomic mass is 9.91. The second-order valence-corrected chi connectivity index (χ2v) is 5.73. The number of nitrogens with two attached hydrogens (primary N) is 1. The van der Waals surface area contributed by atoms with Crippen LogP contribution in [0, 0.1) is 0 Å². The fourth-order valence-electron chi connectivity index (χ4n) is 2.91. The number of hydrogen-bond acceptors (Lipinski definition) is 4. The Morgan fingerprint density at radius 1 is 1.05 bits per heavy atom. The van der Waals surface area contributed by atoms with Crippen molar-refractivity contribution in [1.82, 2.24) is 0 Å². The Hall–Kier alpha value is -0.780. The van der Waals surface area contributed by atoms with Crippen LogP contribution in [0.2, 0.25) is 0 Å². The number of hydrogen-bond donors (Lipinski definition) is 1. The van der Waals surface area contributed by atoms with Crippen molar-refractivity contribution in [2.24, 2.45) is 5.90 Å². The van der Waals surface area contributed by atoms with Crippen molar-refractivity contribution in [2.75, 3.05) is 19.8 Å². The molecule has 0 bridgehead atoms. The van der Waals surface area contributed by atoms with Gasteiger partial charge in [0.2, 0.25) is 0 Å². The molecule has 2 N–H and O–H groups in total. The quantitative estimate of drug-likeness (QED) is 0.867. The highest BCUT2D eigenvalue weighted by Gasteiger charge is 2.27. The molecule has 0 amide bonds. The fraction of sp³-hybridized carbons (Fsp3) is 0.571. The summed E-state index contributed by atoms with van der Waals surface area (Å²) in [5, 5.41) is 0. The van der Waals surface area contributed by atoms with E-state index in [1.165, 1.54) is 16.7 Å². The molecule has 0 saturated carbocycles. The van der Waals surface area contributed by atoms with Crippen molar-refractivity contribution >= 4 is 15.9 Å². The molecule has 1 aromatic carbocycles. The van der Waals surface area contributed by atoms with Crippen LogP contribution in [0.15, 0.2) is 4.47 Å². The van der Waals surface area contributed by atoms with Crippen LogP contribution in [0.1, 0.15) is 29.5 Å². The zero-order valence-electron chi connectivity index (χ0n) is 10.8. The van der Waals surface area contributed by atoms with E-state index in [1.54, 1.807) is 0 Å². The topological polar surface area (TPSA) is 53.7 Å². The molecule has 2 aliphatic heterocycles. The molecule has 2 aliphatic rings. The summed E-state index contributed by atoms with van der Waals surface area (Å²) >= 11 is 3.69. The van der Waals surface area contributed by atoms with Crippen molar-refractivity contribution in [3.8, 4) is 11.5 Å². The number of halogens is 1. The minimum Gasteiger partial charge on any atom is -0.493 e. The first kappa shape index (κ1) is 13.2. The van der Waals surface area contributed by atoms with Crippen LogP contribution in [0.3, 0.4) is 0 Å². The third kappa shape index (κ3) is 2.35. The maximum atomic E-state index is 5.92. The molecule has 0 unspecified atom stereocenters. The first-order valence-electron chi connectivity index (χ1n) is 6.76. The maximum Gasteiger partial charge on any atom is 0.137 e. The van der Waals surface area contributed by atoms with Crippen molar-refractivity contribution in [1.29, 1.82) is 0 Å². The van der Waals surface area contributed by atoms with Gasteiger partial charge in [0.1, 0.15) is 11.5 Å². The molecule has 2 heterocycles. The molecule has 5 heteroatoms. The summed E-state index contributed by atoms with van der Waals surface area (Å²) in [6, 6.07) is 0. The molecule has 4 nitrogen and oxygen atoms in total. The zero-order chi connectivity index (χ0) is 13.2. The standard InChI is InChI=1S/C14H18BrNO3/c15-12-11-4-2-6-17-13(11)10(5-8-19-16)9-3-1-7-18-14(9)12/h1-8,16H2. The van der Waals surface area contributed by atoms with Gasteiger partial charge in [-0.05, 0) is 41.6 Å². The molecular weight excluding hydrogens is 310 g/mol. The minimum atomic E-state index is 0.504. The minimum absolute atomic E-state index is 0.504. The highest BCUT2D eigenvalue weighted by molar-refractivity contribution is 9.10. The van der Waals surface area contributed by atoms with Crippen molar-refractivity contribution in [2.45, 2.75) is 32.1 Å². The first-order chi connectivity index (χ1) is 9.33. The van der Waals surface area contributed by atoms with Gasteiger partial charge in [-0.3, -0.25) is 0 Å². The van der Waals surface area contributed by atoms with Gasteiger partial charge in [-0.25, -0.2) is 5.90 Å². The number of rotatable bonds is 3. The van der Waals surface area contributed by atoms with Crippen LogP contribution in [0.25, 0.3) is 0 Å². The van der Waals surface area contributed by atoms with E-state index in [4.69, 9.17) is 20.2 Å². The number of fused-ring (bicyclic) bond motifs is 2. The van der Waals surface area contributed by atoms with Gasteiger partial charge in [0.15, 0.2) is 0 Å². The Balaban J connectivity index is 2.13. The predicted molar refractivity (Wildman–Crippen MR) is 75.6 cm³/mol. The van der Waals surface area contributed by atoms with E-state index in [0.717, 1.165) is 61.3 Å². The number of benzene rings is 1. The molecule has 0 radical (unpaired) electrons. The third-order valence-corrected chi connectivity index (χ3v) is 4.59. The van der Waals surface area contributed by atoms with Gasteiger partial charge in [-0.1, -0.05) is 0 Å². The van der Waals surface area contributed by atoms with Gasteiger partial charge < -0.3 is 14.3 Å². The highest BCUT2D eigenvalue weighted by atomic mass is 79.9. The first-order valence-corrected chi connectivity index (χ1v) is 7.55. The van der Waals surface area contributed by atoms with Gasteiger partial charge in [0.05, 0.1) is 24.3 Å². The molecule has 3 rings (SSSR count). The lowest BCUT2D eigenvalue weighted by Gasteiger charge is -2.29. The van der Waals surface area contributed by atoms with E-state index >= 15 is 0 Å². The van der Waals surface area contributed by atoms with E-state index in [0.29, 0.717) is 6.61 Å². The molecule has 0 saturated heterocycles. The molecule has 0 aliphatic carbocycles. The number of ether oxygens (including phenoxy) is 2. The van der Waals surface area contributed by atoms with Gasteiger partial charge in [0, 0.05) is 23.1 Å². The largest absolute Gasteiger partial charge is 0.493 e. The summed E-state index contributed by atoms with van der Waals surface area (Å²) in [5.41, 5.74) is 3.72. The lowest BCUT2D eigenvalue weighted by molar-refractivity contribution is 0.140. The molecule has 0 aromatic heterocycles. The Kier molecular flexibility index (Phi) is 3.96. The monoisotopic (exact) mass is 327 g/mol. The van der Waals surface area contributed by atoms with E-state index in [9.17, 15) is 0 Å². The van der Waals surface area contributed by atoms with Gasteiger partial charge >= 0.3 is 0 Å². The Morgan fingerprint density at radius 3 is 2.47 bits per heavy atom. The Labute approximate surface area is 121 Å². The summed E-state index contributed by atoms with van der Waals surface area (Å²) in [6.45, 7) is 2.08. The average molecular weight is 328 g/mol. The zero-order valence-corrected chi connectivity index (χ0v) is 12.4. The fourth-order valence-corrected chi connectivity index (χ4v) is 3.64.